The molecule has 0 radical (unpaired) electrons. The van der Waals surface area contributed by atoms with Gasteiger partial charge in [0.25, 0.3) is 5.91 Å². The first-order valence-corrected chi connectivity index (χ1v) is 7.01. The molecule has 2 aromatic rings. The van der Waals surface area contributed by atoms with E-state index in [0.717, 1.165) is 11.3 Å². The van der Waals surface area contributed by atoms with Crippen molar-refractivity contribution in [2.24, 2.45) is 5.10 Å². The molecule has 0 aliphatic heterocycles. The molecule has 0 aliphatic rings. The Morgan fingerprint density at radius 2 is 1.86 bits per heavy atom. The Hall–Kier alpha value is -2.82. The Morgan fingerprint density at radius 3 is 2.50 bits per heavy atom. The summed E-state index contributed by atoms with van der Waals surface area (Å²) in [5.41, 5.74) is 9.87. The van der Waals surface area contributed by atoms with Crippen LogP contribution in [0.4, 0.5) is 5.69 Å². The van der Waals surface area contributed by atoms with E-state index in [4.69, 9.17) is 10.5 Å². The molecule has 5 heteroatoms. The number of amides is 1. The van der Waals surface area contributed by atoms with Crippen LogP contribution in [-0.4, -0.2) is 18.2 Å². The van der Waals surface area contributed by atoms with Crippen LogP contribution in [0.5, 0.6) is 5.75 Å². The number of ether oxygens (including phenoxy) is 1. The first kappa shape index (κ1) is 15.6. The summed E-state index contributed by atoms with van der Waals surface area (Å²) in [6, 6.07) is 14.3. The van der Waals surface area contributed by atoms with Gasteiger partial charge in [0.2, 0.25) is 0 Å². The van der Waals surface area contributed by atoms with Crippen molar-refractivity contribution in [3.8, 4) is 5.75 Å². The van der Waals surface area contributed by atoms with Gasteiger partial charge >= 0.3 is 0 Å². The molecular formula is C17H19N3O2. The van der Waals surface area contributed by atoms with Crippen molar-refractivity contribution in [2.75, 3.05) is 5.73 Å². The predicted octanol–water partition coefficient (Wildman–Crippen LogP) is 2.82. The van der Waals surface area contributed by atoms with E-state index in [9.17, 15) is 4.79 Å². The average Bonchev–Trinajstić information content (AvgIpc) is 2.49. The summed E-state index contributed by atoms with van der Waals surface area (Å²) in [6.45, 7) is 3.94. The zero-order valence-electron chi connectivity index (χ0n) is 12.6. The fourth-order valence-corrected chi connectivity index (χ4v) is 1.83. The minimum absolute atomic E-state index is 0.134. The largest absolute Gasteiger partial charge is 0.491 e. The van der Waals surface area contributed by atoms with Gasteiger partial charge in [-0.25, -0.2) is 5.43 Å². The van der Waals surface area contributed by atoms with E-state index < -0.39 is 0 Å². The number of anilines is 1. The van der Waals surface area contributed by atoms with Crippen LogP contribution < -0.4 is 15.9 Å². The highest BCUT2D eigenvalue weighted by Gasteiger charge is 2.06. The van der Waals surface area contributed by atoms with Gasteiger partial charge in [0.1, 0.15) is 5.75 Å². The molecule has 0 heterocycles. The van der Waals surface area contributed by atoms with Crippen molar-refractivity contribution in [3.05, 3.63) is 59.7 Å². The summed E-state index contributed by atoms with van der Waals surface area (Å²) in [6.07, 6.45) is 1.70. The highest BCUT2D eigenvalue weighted by molar-refractivity contribution is 5.99. The van der Waals surface area contributed by atoms with Gasteiger partial charge < -0.3 is 10.5 Å². The Morgan fingerprint density at radius 1 is 1.18 bits per heavy atom. The van der Waals surface area contributed by atoms with Gasteiger partial charge in [-0.2, -0.15) is 5.10 Å². The molecule has 0 fully saturated rings. The minimum atomic E-state index is -0.339. The molecule has 0 atom stereocenters. The molecule has 2 rings (SSSR count). The molecule has 2 aromatic carbocycles. The molecule has 0 saturated heterocycles. The van der Waals surface area contributed by atoms with Gasteiger partial charge in [-0.05, 0) is 55.8 Å². The van der Waals surface area contributed by atoms with Crippen LogP contribution in [0.3, 0.4) is 0 Å². The van der Waals surface area contributed by atoms with Gasteiger partial charge in [-0.3, -0.25) is 4.79 Å². The fraction of sp³-hybridized carbons (Fsp3) is 0.176. The maximum Gasteiger partial charge on any atom is 0.273 e. The van der Waals surface area contributed by atoms with Gasteiger partial charge in [0, 0.05) is 5.69 Å². The van der Waals surface area contributed by atoms with Gasteiger partial charge in [0.05, 0.1) is 17.9 Å². The van der Waals surface area contributed by atoms with Gasteiger partial charge in [-0.15, -0.1) is 0 Å². The normalized spacial score (nSPS) is 10.9. The smallest absolute Gasteiger partial charge is 0.273 e. The molecule has 1 amide bonds. The second-order valence-electron chi connectivity index (χ2n) is 5.02. The number of carbonyl (C=O) groups excluding carboxylic acids is 1. The Kier molecular flexibility index (Phi) is 5.14. The molecular weight excluding hydrogens is 278 g/mol. The minimum Gasteiger partial charge on any atom is -0.491 e. The molecule has 0 saturated carbocycles. The van der Waals surface area contributed by atoms with Crippen LogP contribution in [0.15, 0.2) is 53.6 Å². The molecule has 5 nitrogen and oxygen atoms in total. The van der Waals surface area contributed by atoms with E-state index in [-0.39, 0.29) is 12.0 Å². The third kappa shape index (κ3) is 4.34. The van der Waals surface area contributed by atoms with E-state index in [1.807, 2.05) is 38.1 Å². The van der Waals surface area contributed by atoms with Crippen molar-refractivity contribution in [1.82, 2.24) is 5.43 Å². The monoisotopic (exact) mass is 297 g/mol. The third-order valence-electron chi connectivity index (χ3n) is 2.84. The molecule has 0 spiro atoms. The first-order valence-electron chi connectivity index (χ1n) is 7.01. The van der Waals surface area contributed by atoms with Crippen molar-refractivity contribution in [1.29, 1.82) is 0 Å². The topological polar surface area (TPSA) is 76.7 Å². The fourth-order valence-electron chi connectivity index (χ4n) is 1.83. The summed E-state index contributed by atoms with van der Waals surface area (Å²) in [4.78, 5) is 11.9. The van der Waals surface area contributed by atoms with Crippen LogP contribution in [0.2, 0.25) is 0 Å². The Labute approximate surface area is 129 Å². The molecule has 0 bridgehead atoms. The first-order chi connectivity index (χ1) is 10.6. The Bertz CT molecular complexity index is 664. The summed E-state index contributed by atoms with van der Waals surface area (Å²) < 4.78 is 5.55. The van der Waals surface area contributed by atoms with Crippen LogP contribution in [0.25, 0.3) is 0 Å². The second-order valence-corrected chi connectivity index (χ2v) is 5.02. The lowest BCUT2D eigenvalue weighted by atomic mass is 10.2. The maximum atomic E-state index is 11.9. The van der Waals surface area contributed by atoms with Gasteiger partial charge in [-0.1, -0.05) is 12.1 Å². The Balaban J connectivity index is 1.95. The average molecular weight is 297 g/mol. The number of hydrogen-bond acceptors (Lipinski definition) is 4. The number of carbonyl (C=O) groups is 1. The van der Waals surface area contributed by atoms with Crippen molar-refractivity contribution < 1.29 is 9.53 Å². The molecule has 22 heavy (non-hydrogen) atoms. The number of nitrogens with zero attached hydrogens (tertiary/aromatic N) is 1. The number of nitrogens with one attached hydrogen (secondary N) is 1. The third-order valence-corrected chi connectivity index (χ3v) is 2.84. The highest BCUT2D eigenvalue weighted by Crippen LogP contribution is 2.13. The lowest BCUT2D eigenvalue weighted by Gasteiger charge is -2.09. The van der Waals surface area contributed by atoms with E-state index >= 15 is 0 Å². The quantitative estimate of drug-likeness (QED) is 0.506. The van der Waals surface area contributed by atoms with E-state index in [2.05, 4.69) is 10.5 Å². The number of hydrazone groups is 1. The molecule has 0 unspecified atom stereocenters. The van der Waals surface area contributed by atoms with Crippen LogP contribution >= 0.6 is 0 Å². The van der Waals surface area contributed by atoms with Gasteiger partial charge in [0.15, 0.2) is 0 Å². The molecule has 0 aromatic heterocycles. The molecule has 3 N–H and O–H groups in total. The van der Waals surface area contributed by atoms with Crippen molar-refractivity contribution in [2.45, 2.75) is 20.0 Å². The number of hydrogen-bond donors (Lipinski definition) is 2. The standard InChI is InChI=1S/C17H19N3O2/c1-12(2)22-14-9-7-13(8-10-14)11-19-20-17(21)15-5-3-4-6-16(15)18/h3-12H,18H2,1-2H3,(H,20,21)/b19-11+. The highest BCUT2D eigenvalue weighted by atomic mass is 16.5. The van der Waals surface area contributed by atoms with E-state index in [1.54, 1.807) is 30.5 Å². The predicted molar refractivity (Wildman–Crippen MR) is 88.1 cm³/mol. The zero-order valence-corrected chi connectivity index (χ0v) is 12.6. The van der Waals surface area contributed by atoms with Crippen LogP contribution in [0.1, 0.15) is 29.8 Å². The summed E-state index contributed by atoms with van der Waals surface area (Å²) in [5.74, 6) is 0.461. The second kappa shape index (κ2) is 7.26. The van der Waals surface area contributed by atoms with Crippen LogP contribution in [-0.2, 0) is 0 Å². The lowest BCUT2D eigenvalue weighted by molar-refractivity contribution is 0.0956. The number of rotatable bonds is 5. The van der Waals surface area contributed by atoms with Crippen LogP contribution in [0, 0.1) is 0 Å². The SMILES string of the molecule is CC(C)Oc1ccc(/C=N/NC(=O)c2ccccc2N)cc1. The lowest BCUT2D eigenvalue weighted by Crippen LogP contribution is -2.18. The summed E-state index contributed by atoms with van der Waals surface area (Å²) in [7, 11) is 0. The summed E-state index contributed by atoms with van der Waals surface area (Å²) >= 11 is 0. The number of nitrogens with two attached hydrogens (primary N) is 1. The number of para-hydroxylation sites is 1. The number of benzene rings is 2. The van der Waals surface area contributed by atoms with E-state index in [0.29, 0.717) is 11.3 Å². The van der Waals surface area contributed by atoms with Crippen molar-refractivity contribution >= 4 is 17.8 Å². The number of nitrogen functional groups attached to an aromatic ring is 1. The van der Waals surface area contributed by atoms with Crippen molar-refractivity contribution in [3.63, 3.8) is 0 Å². The zero-order chi connectivity index (χ0) is 15.9. The maximum absolute atomic E-state index is 11.9. The summed E-state index contributed by atoms with van der Waals surface area (Å²) in [5, 5.41) is 3.93. The van der Waals surface area contributed by atoms with E-state index in [1.165, 1.54) is 0 Å². The molecule has 0 aliphatic carbocycles. The molecule has 114 valence electrons.